The molecule has 0 aliphatic rings. The van der Waals surface area contributed by atoms with Crippen LogP contribution in [-0.4, -0.2) is 19.6 Å². The maximum atomic E-state index is 4.42. The van der Waals surface area contributed by atoms with Crippen LogP contribution in [0.4, 0.5) is 5.82 Å². The number of anilines is 1. The minimum absolute atomic E-state index is 0.274. The number of nitrogens with zero attached hydrogens (tertiary/aromatic N) is 4. The van der Waals surface area contributed by atoms with Gasteiger partial charge < -0.3 is 5.32 Å². The highest BCUT2D eigenvalue weighted by atomic mass is 32.1. The van der Waals surface area contributed by atoms with Gasteiger partial charge in [-0.3, -0.25) is 4.40 Å². The molecular formula is C14H17N5S. The van der Waals surface area contributed by atoms with E-state index >= 15 is 0 Å². The van der Waals surface area contributed by atoms with Crippen LogP contribution in [0.1, 0.15) is 36.5 Å². The Bertz CT molecular complexity index is 689. The SMILES string of the molecule is CCCC(Nc1nccn2c(C)nnc12)c1cccs1. The van der Waals surface area contributed by atoms with Gasteiger partial charge in [0.15, 0.2) is 5.82 Å². The van der Waals surface area contributed by atoms with Crippen LogP contribution in [-0.2, 0) is 0 Å². The maximum Gasteiger partial charge on any atom is 0.203 e. The highest BCUT2D eigenvalue weighted by molar-refractivity contribution is 7.10. The zero-order valence-electron chi connectivity index (χ0n) is 11.6. The van der Waals surface area contributed by atoms with Crippen molar-refractivity contribution in [3.8, 4) is 0 Å². The Morgan fingerprint density at radius 3 is 3.05 bits per heavy atom. The first-order valence-corrected chi connectivity index (χ1v) is 7.64. The first-order chi connectivity index (χ1) is 9.79. The van der Waals surface area contributed by atoms with Crippen LogP contribution in [0.3, 0.4) is 0 Å². The summed E-state index contributed by atoms with van der Waals surface area (Å²) in [6.07, 6.45) is 5.85. The van der Waals surface area contributed by atoms with E-state index in [2.05, 4.69) is 44.9 Å². The minimum Gasteiger partial charge on any atom is -0.359 e. The second-order valence-electron chi connectivity index (χ2n) is 4.72. The average Bonchev–Trinajstić information content (AvgIpc) is 3.09. The van der Waals surface area contributed by atoms with E-state index in [1.165, 1.54) is 4.88 Å². The van der Waals surface area contributed by atoms with Gasteiger partial charge in [0.25, 0.3) is 0 Å². The maximum absolute atomic E-state index is 4.42. The lowest BCUT2D eigenvalue weighted by molar-refractivity contribution is 0.684. The van der Waals surface area contributed by atoms with Gasteiger partial charge in [-0.1, -0.05) is 19.4 Å². The molecule has 5 nitrogen and oxygen atoms in total. The summed E-state index contributed by atoms with van der Waals surface area (Å²) < 4.78 is 1.95. The molecule has 0 radical (unpaired) electrons. The highest BCUT2D eigenvalue weighted by Crippen LogP contribution is 2.27. The second-order valence-corrected chi connectivity index (χ2v) is 5.70. The van der Waals surface area contributed by atoms with Gasteiger partial charge >= 0.3 is 0 Å². The molecule has 1 atom stereocenters. The van der Waals surface area contributed by atoms with Crippen LogP contribution < -0.4 is 5.32 Å². The summed E-state index contributed by atoms with van der Waals surface area (Å²) in [4.78, 5) is 5.75. The smallest absolute Gasteiger partial charge is 0.203 e. The fourth-order valence-electron chi connectivity index (χ4n) is 2.27. The Labute approximate surface area is 121 Å². The van der Waals surface area contributed by atoms with Gasteiger partial charge in [0.1, 0.15) is 5.82 Å². The minimum atomic E-state index is 0.274. The molecule has 0 fully saturated rings. The third-order valence-electron chi connectivity index (χ3n) is 3.27. The van der Waals surface area contributed by atoms with Crippen molar-refractivity contribution in [2.45, 2.75) is 32.7 Å². The molecule has 3 aromatic heterocycles. The Kier molecular flexibility index (Phi) is 3.64. The zero-order valence-corrected chi connectivity index (χ0v) is 12.4. The predicted molar refractivity (Wildman–Crippen MR) is 81.1 cm³/mol. The van der Waals surface area contributed by atoms with E-state index in [1.807, 2.05) is 17.5 Å². The molecule has 0 spiro atoms. The van der Waals surface area contributed by atoms with Gasteiger partial charge in [-0.2, -0.15) is 0 Å². The number of thiophene rings is 1. The van der Waals surface area contributed by atoms with Crippen molar-refractivity contribution in [1.82, 2.24) is 19.6 Å². The molecule has 0 amide bonds. The fourth-order valence-corrected chi connectivity index (χ4v) is 3.08. The van der Waals surface area contributed by atoms with Gasteiger partial charge in [0.05, 0.1) is 6.04 Å². The lowest BCUT2D eigenvalue weighted by Gasteiger charge is -2.17. The number of aryl methyl sites for hydroxylation is 1. The molecule has 6 heteroatoms. The van der Waals surface area contributed by atoms with Crippen molar-refractivity contribution in [2.75, 3.05) is 5.32 Å². The molecule has 3 heterocycles. The summed E-state index contributed by atoms with van der Waals surface area (Å²) in [5.41, 5.74) is 0.780. The zero-order chi connectivity index (χ0) is 13.9. The third-order valence-corrected chi connectivity index (χ3v) is 4.26. The van der Waals surface area contributed by atoms with Gasteiger partial charge in [-0.15, -0.1) is 21.5 Å². The van der Waals surface area contributed by atoms with Crippen molar-refractivity contribution < 1.29 is 0 Å². The molecule has 1 unspecified atom stereocenters. The van der Waals surface area contributed by atoms with E-state index in [-0.39, 0.29) is 6.04 Å². The summed E-state index contributed by atoms with van der Waals surface area (Å²) in [5, 5.41) is 13.9. The van der Waals surface area contributed by atoms with Crippen molar-refractivity contribution in [3.05, 3.63) is 40.6 Å². The van der Waals surface area contributed by atoms with Crippen LogP contribution in [0, 0.1) is 6.92 Å². The largest absolute Gasteiger partial charge is 0.359 e. The van der Waals surface area contributed by atoms with Crippen LogP contribution in [0.5, 0.6) is 0 Å². The second kappa shape index (κ2) is 5.58. The van der Waals surface area contributed by atoms with Gasteiger partial charge in [0, 0.05) is 17.3 Å². The Balaban J connectivity index is 1.94. The van der Waals surface area contributed by atoms with E-state index in [0.29, 0.717) is 0 Å². The Morgan fingerprint density at radius 2 is 2.30 bits per heavy atom. The van der Waals surface area contributed by atoms with E-state index < -0.39 is 0 Å². The van der Waals surface area contributed by atoms with Crippen LogP contribution >= 0.6 is 11.3 Å². The van der Waals surface area contributed by atoms with E-state index in [0.717, 1.165) is 30.1 Å². The molecule has 20 heavy (non-hydrogen) atoms. The van der Waals surface area contributed by atoms with E-state index in [4.69, 9.17) is 0 Å². The topological polar surface area (TPSA) is 55.1 Å². The number of rotatable bonds is 5. The van der Waals surface area contributed by atoms with Crippen LogP contribution in [0.25, 0.3) is 5.65 Å². The first kappa shape index (κ1) is 13.1. The van der Waals surface area contributed by atoms with Crippen molar-refractivity contribution in [2.24, 2.45) is 0 Å². The summed E-state index contributed by atoms with van der Waals surface area (Å²) in [7, 11) is 0. The predicted octanol–water partition coefficient (Wildman–Crippen LogP) is 3.45. The van der Waals surface area contributed by atoms with Crippen molar-refractivity contribution in [1.29, 1.82) is 0 Å². The molecular weight excluding hydrogens is 270 g/mol. The number of hydrogen-bond acceptors (Lipinski definition) is 5. The normalized spacial score (nSPS) is 12.7. The van der Waals surface area contributed by atoms with Crippen LogP contribution in [0.2, 0.25) is 0 Å². The van der Waals surface area contributed by atoms with Gasteiger partial charge in [0.2, 0.25) is 5.65 Å². The monoisotopic (exact) mass is 287 g/mol. The lowest BCUT2D eigenvalue weighted by atomic mass is 10.1. The molecule has 104 valence electrons. The van der Waals surface area contributed by atoms with Crippen LogP contribution in [0.15, 0.2) is 29.9 Å². The fraction of sp³-hybridized carbons (Fsp3) is 0.357. The van der Waals surface area contributed by atoms with Gasteiger partial charge in [-0.05, 0) is 24.8 Å². The summed E-state index contributed by atoms with van der Waals surface area (Å²) >= 11 is 1.77. The van der Waals surface area contributed by atoms with E-state index in [1.54, 1.807) is 17.5 Å². The molecule has 1 N–H and O–H groups in total. The number of aromatic nitrogens is 4. The number of fused-ring (bicyclic) bond motifs is 1. The average molecular weight is 287 g/mol. The quantitative estimate of drug-likeness (QED) is 0.781. The van der Waals surface area contributed by atoms with Crippen molar-refractivity contribution in [3.63, 3.8) is 0 Å². The third kappa shape index (κ3) is 2.38. The molecule has 0 saturated carbocycles. The summed E-state index contributed by atoms with van der Waals surface area (Å²) in [6, 6.07) is 4.52. The first-order valence-electron chi connectivity index (χ1n) is 6.76. The summed E-state index contributed by atoms with van der Waals surface area (Å²) in [6.45, 7) is 4.13. The standard InChI is InChI=1S/C14H17N5S/c1-3-5-11(12-6-4-9-20-12)16-13-14-18-17-10(2)19(14)8-7-15-13/h4,6-9,11H,3,5H2,1-2H3,(H,15,16). The Hall–Kier alpha value is -1.95. The molecule has 3 aromatic rings. The number of nitrogens with one attached hydrogen (secondary N) is 1. The van der Waals surface area contributed by atoms with E-state index in [9.17, 15) is 0 Å². The van der Waals surface area contributed by atoms with Gasteiger partial charge in [-0.25, -0.2) is 4.98 Å². The summed E-state index contributed by atoms with van der Waals surface area (Å²) in [5.74, 6) is 1.66. The molecule has 0 bridgehead atoms. The molecule has 3 rings (SSSR count). The highest BCUT2D eigenvalue weighted by Gasteiger charge is 2.15. The Morgan fingerprint density at radius 1 is 1.40 bits per heavy atom. The molecule has 0 aromatic carbocycles. The number of hydrogen-bond donors (Lipinski definition) is 1. The molecule has 0 saturated heterocycles. The molecule has 0 aliphatic carbocycles. The lowest BCUT2D eigenvalue weighted by Crippen LogP contribution is -2.11. The van der Waals surface area contributed by atoms with Crippen molar-refractivity contribution >= 4 is 22.8 Å². The molecule has 0 aliphatic heterocycles.